The number of likely N-dealkylation sites (N-methyl/N-ethyl adjacent to an activating group) is 1. The van der Waals surface area contributed by atoms with Gasteiger partial charge in [0.1, 0.15) is 11.9 Å². The van der Waals surface area contributed by atoms with Crippen molar-refractivity contribution in [3.05, 3.63) is 75.3 Å². The van der Waals surface area contributed by atoms with Crippen LogP contribution in [-0.2, 0) is 12.7 Å². The highest BCUT2D eigenvalue weighted by molar-refractivity contribution is 5.97. The zero-order valence-electron chi connectivity index (χ0n) is 17.7. The first-order valence-corrected chi connectivity index (χ1v) is 9.99. The van der Waals surface area contributed by atoms with E-state index in [0.717, 1.165) is 18.0 Å². The van der Waals surface area contributed by atoms with E-state index in [4.69, 9.17) is 5.21 Å². The van der Waals surface area contributed by atoms with E-state index in [2.05, 4.69) is 9.98 Å². The van der Waals surface area contributed by atoms with Gasteiger partial charge in [-0.15, -0.1) is 0 Å². The van der Waals surface area contributed by atoms with Crippen LogP contribution in [0.25, 0.3) is 10.9 Å². The molecule has 1 atom stereocenters. The molecule has 1 unspecified atom stereocenters. The normalized spacial score (nSPS) is 16.2. The molecular weight excluding hydrogens is 439 g/mol. The van der Waals surface area contributed by atoms with Crippen LogP contribution in [0.4, 0.5) is 13.2 Å². The quantitative estimate of drug-likeness (QED) is 0.462. The van der Waals surface area contributed by atoms with Gasteiger partial charge in [0.25, 0.3) is 11.5 Å². The molecule has 4 rings (SSSR count). The number of carbonyl (C=O) groups excluding carboxylic acids is 1. The van der Waals surface area contributed by atoms with Crippen molar-refractivity contribution in [1.82, 2.24) is 19.9 Å². The van der Waals surface area contributed by atoms with Gasteiger partial charge in [0.15, 0.2) is 0 Å². The second-order valence-corrected chi connectivity index (χ2v) is 7.74. The predicted octanol–water partition coefficient (Wildman–Crippen LogP) is 2.99. The Hall–Kier alpha value is -3.73. The first-order valence-electron chi connectivity index (χ1n) is 9.99. The fraction of sp³-hybridized carbons (Fsp3) is 0.273. The Kier molecular flexibility index (Phi) is 5.66. The molecule has 3 aromatic rings. The molecule has 0 aliphatic carbocycles. The second kappa shape index (κ2) is 8.32. The lowest BCUT2D eigenvalue weighted by Crippen LogP contribution is -2.34. The number of amidine groups is 1. The Balaban J connectivity index is 1.84. The van der Waals surface area contributed by atoms with Crippen molar-refractivity contribution in [2.24, 2.45) is 4.99 Å². The van der Waals surface area contributed by atoms with Gasteiger partial charge in [0, 0.05) is 12.6 Å². The summed E-state index contributed by atoms with van der Waals surface area (Å²) in [6.07, 6.45) is -4.45. The first kappa shape index (κ1) is 22.5. The van der Waals surface area contributed by atoms with Gasteiger partial charge < -0.3 is 4.90 Å². The van der Waals surface area contributed by atoms with E-state index >= 15 is 0 Å². The summed E-state index contributed by atoms with van der Waals surface area (Å²) in [5.74, 6) is 0.382. The number of nitrogens with one attached hydrogen (secondary N) is 1. The molecular formula is C22H20F3N5O3. The molecule has 2 N–H and O–H groups in total. The molecule has 0 fully saturated rings. The van der Waals surface area contributed by atoms with Crippen molar-refractivity contribution < 1.29 is 23.2 Å². The SMILES string of the molecule is CC1=NCC(c2nc3cc(C(=O)NO)ccc3c(=O)n2Cc2ccc(C(F)(F)F)cc2)N1C. The highest BCUT2D eigenvalue weighted by Gasteiger charge is 2.31. The van der Waals surface area contributed by atoms with E-state index in [1.165, 1.54) is 34.9 Å². The molecule has 0 radical (unpaired) electrons. The third kappa shape index (κ3) is 4.19. The number of hydrogen-bond donors (Lipinski definition) is 2. The number of amides is 1. The van der Waals surface area contributed by atoms with Crippen LogP contribution in [0.2, 0.25) is 0 Å². The van der Waals surface area contributed by atoms with Gasteiger partial charge in [-0.2, -0.15) is 13.2 Å². The Morgan fingerprint density at radius 2 is 1.91 bits per heavy atom. The minimum Gasteiger partial charge on any atom is -0.352 e. The number of benzene rings is 2. The number of aliphatic imine (C=N–C) groups is 1. The fourth-order valence-corrected chi connectivity index (χ4v) is 3.77. The number of nitrogens with zero attached hydrogens (tertiary/aromatic N) is 4. The number of halogens is 3. The van der Waals surface area contributed by atoms with E-state index in [-0.39, 0.29) is 29.1 Å². The third-order valence-corrected chi connectivity index (χ3v) is 5.74. The molecule has 0 saturated carbocycles. The summed E-state index contributed by atoms with van der Waals surface area (Å²) in [6, 6.07) is 8.46. The fourth-order valence-electron chi connectivity index (χ4n) is 3.77. The highest BCUT2D eigenvalue weighted by Crippen LogP contribution is 2.30. The van der Waals surface area contributed by atoms with E-state index in [0.29, 0.717) is 17.9 Å². The summed E-state index contributed by atoms with van der Waals surface area (Å²) < 4.78 is 40.2. The number of fused-ring (bicyclic) bond motifs is 1. The average Bonchev–Trinajstić information content (AvgIpc) is 3.12. The minimum absolute atomic E-state index is 0.0114. The smallest absolute Gasteiger partial charge is 0.352 e. The molecule has 11 heteroatoms. The molecule has 0 saturated heterocycles. The van der Waals surface area contributed by atoms with Crippen LogP contribution in [0, 0.1) is 0 Å². The van der Waals surface area contributed by atoms with Crippen molar-refractivity contribution in [1.29, 1.82) is 0 Å². The number of aromatic nitrogens is 2. The van der Waals surface area contributed by atoms with Gasteiger partial charge in [-0.05, 0) is 42.8 Å². The van der Waals surface area contributed by atoms with Gasteiger partial charge in [-0.1, -0.05) is 12.1 Å². The molecule has 0 spiro atoms. The summed E-state index contributed by atoms with van der Waals surface area (Å²) in [7, 11) is 1.81. The molecule has 33 heavy (non-hydrogen) atoms. The lowest BCUT2D eigenvalue weighted by atomic mass is 10.1. The van der Waals surface area contributed by atoms with E-state index in [1.54, 1.807) is 5.48 Å². The lowest BCUT2D eigenvalue weighted by Gasteiger charge is -2.25. The number of rotatable bonds is 4. The number of alkyl halides is 3. The van der Waals surface area contributed by atoms with E-state index in [9.17, 15) is 22.8 Å². The standard InChI is InChI=1S/C22H20F3N5O3/c1-12-26-10-18(29(12)2)19-27-17-9-14(20(31)28-33)5-8-16(17)21(32)30(19)11-13-3-6-15(7-4-13)22(23,24)25/h3-9,18,33H,10-11H2,1-2H3,(H,28,31). The maximum atomic E-state index is 13.4. The zero-order chi connectivity index (χ0) is 23.9. The van der Waals surface area contributed by atoms with Crippen LogP contribution in [0.15, 0.2) is 52.3 Å². The molecule has 172 valence electrons. The lowest BCUT2D eigenvalue weighted by molar-refractivity contribution is -0.137. The third-order valence-electron chi connectivity index (χ3n) is 5.74. The first-order chi connectivity index (χ1) is 15.6. The van der Waals surface area contributed by atoms with E-state index in [1.807, 2.05) is 18.9 Å². The summed E-state index contributed by atoms with van der Waals surface area (Å²) in [4.78, 5) is 36.1. The molecule has 1 amide bonds. The van der Waals surface area contributed by atoms with Crippen molar-refractivity contribution in [2.75, 3.05) is 13.6 Å². The average molecular weight is 459 g/mol. The molecule has 1 aliphatic rings. The minimum atomic E-state index is -4.45. The maximum Gasteiger partial charge on any atom is 0.416 e. The number of hydroxylamine groups is 1. The van der Waals surface area contributed by atoms with Crippen molar-refractivity contribution >= 4 is 22.6 Å². The molecule has 8 nitrogen and oxygen atoms in total. The van der Waals surface area contributed by atoms with Crippen molar-refractivity contribution in [3.63, 3.8) is 0 Å². The van der Waals surface area contributed by atoms with Crippen LogP contribution in [-0.4, -0.2) is 45.0 Å². The number of carbonyl (C=O) groups is 1. The van der Waals surface area contributed by atoms with Gasteiger partial charge in [-0.25, -0.2) is 10.5 Å². The number of hydrogen-bond acceptors (Lipinski definition) is 6. The Morgan fingerprint density at radius 3 is 2.48 bits per heavy atom. The second-order valence-electron chi connectivity index (χ2n) is 7.74. The molecule has 1 aliphatic heterocycles. The largest absolute Gasteiger partial charge is 0.416 e. The predicted molar refractivity (Wildman–Crippen MR) is 114 cm³/mol. The molecule has 2 aromatic carbocycles. The van der Waals surface area contributed by atoms with Gasteiger partial charge in [-0.3, -0.25) is 24.4 Å². The molecule has 1 aromatic heterocycles. The maximum absolute atomic E-state index is 13.4. The zero-order valence-corrected chi connectivity index (χ0v) is 17.7. The van der Waals surface area contributed by atoms with Crippen LogP contribution >= 0.6 is 0 Å². The van der Waals surface area contributed by atoms with Gasteiger partial charge in [0.2, 0.25) is 0 Å². The van der Waals surface area contributed by atoms with Crippen molar-refractivity contribution in [3.8, 4) is 0 Å². The summed E-state index contributed by atoms with van der Waals surface area (Å²) >= 11 is 0. The van der Waals surface area contributed by atoms with Crippen LogP contribution in [0.5, 0.6) is 0 Å². The van der Waals surface area contributed by atoms with Crippen LogP contribution < -0.4 is 11.0 Å². The summed E-state index contributed by atoms with van der Waals surface area (Å²) in [5, 5.41) is 9.14. The van der Waals surface area contributed by atoms with Gasteiger partial charge in [0.05, 0.1) is 35.4 Å². The van der Waals surface area contributed by atoms with Crippen LogP contribution in [0.1, 0.15) is 40.3 Å². The Bertz CT molecular complexity index is 1320. The molecule has 0 bridgehead atoms. The van der Waals surface area contributed by atoms with Crippen molar-refractivity contribution in [2.45, 2.75) is 25.7 Å². The summed E-state index contributed by atoms with van der Waals surface area (Å²) in [5.41, 5.74) is 1.26. The van der Waals surface area contributed by atoms with Gasteiger partial charge >= 0.3 is 6.18 Å². The Labute approximate surface area is 186 Å². The van der Waals surface area contributed by atoms with E-state index < -0.39 is 23.2 Å². The summed E-state index contributed by atoms with van der Waals surface area (Å²) in [6.45, 7) is 2.19. The van der Waals surface area contributed by atoms with Crippen LogP contribution in [0.3, 0.4) is 0 Å². The monoisotopic (exact) mass is 459 g/mol. The highest BCUT2D eigenvalue weighted by atomic mass is 19.4. The molecule has 2 heterocycles. The Morgan fingerprint density at radius 1 is 1.21 bits per heavy atom. The topological polar surface area (TPSA) is 99.8 Å².